The SMILES string of the molecule is O=S1(=O)C[C@H](O)[C@H](NN[C@@H]2CS(=O)(=O)C[C@@H]2O)C1. The lowest BCUT2D eigenvalue weighted by Gasteiger charge is -2.20. The van der Waals surface area contributed by atoms with Crippen LogP contribution in [0.5, 0.6) is 0 Å². The van der Waals surface area contributed by atoms with Gasteiger partial charge in [0.25, 0.3) is 0 Å². The molecular weight excluding hydrogens is 284 g/mol. The van der Waals surface area contributed by atoms with Crippen LogP contribution in [-0.4, -0.2) is 74.4 Å². The first-order valence-corrected chi connectivity index (χ1v) is 9.11. The lowest BCUT2D eigenvalue weighted by Crippen LogP contribution is -2.54. The van der Waals surface area contributed by atoms with E-state index in [0.29, 0.717) is 0 Å². The topological polar surface area (TPSA) is 133 Å². The number of hydrazine groups is 1. The average molecular weight is 300 g/mol. The van der Waals surface area contributed by atoms with Gasteiger partial charge in [-0.05, 0) is 0 Å². The lowest BCUT2D eigenvalue weighted by molar-refractivity contribution is 0.127. The minimum absolute atomic E-state index is 0.212. The highest BCUT2D eigenvalue weighted by Gasteiger charge is 2.39. The van der Waals surface area contributed by atoms with Gasteiger partial charge in [-0.1, -0.05) is 0 Å². The lowest BCUT2D eigenvalue weighted by atomic mass is 10.2. The summed E-state index contributed by atoms with van der Waals surface area (Å²) in [7, 11) is -6.52. The maximum atomic E-state index is 11.2. The Balaban J connectivity index is 1.90. The zero-order valence-corrected chi connectivity index (χ0v) is 11.1. The molecule has 0 aromatic rings. The van der Waals surface area contributed by atoms with E-state index in [-0.39, 0.29) is 23.0 Å². The van der Waals surface area contributed by atoms with Gasteiger partial charge in [-0.25, -0.2) is 16.8 Å². The number of sulfone groups is 2. The van der Waals surface area contributed by atoms with Gasteiger partial charge >= 0.3 is 0 Å². The zero-order chi connectivity index (χ0) is 13.6. The van der Waals surface area contributed by atoms with Crippen molar-refractivity contribution in [3.05, 3.63) is 0 Å². The average Bonchev–Trinajstić information content (AvgIpc) is 2.59. The van der Waals surface area contributed by atoms with Crippen LogP contribution in [0.1, 0.15) is 0 Å². The van der Waals surface area contributed by atoms with Gasteiger partial charge in [0.15, 0.2) is 19.7 Å². The second-order valence-electron chi connectivity index (χ2n) is 4.79. The minimum atomic E-state index is -3.26. The van der Waals surface area contributed by atoms with E-state index in [9.17, 15) is 27.0 Å². The summed E-state index contributed by atoms with van der Waals surface area (Å²) in [4.78, 5) is 0. The predicted molar refractivity (Wildman–Crippen MR) is 63.2 cm³/mol. The Kier molecular flexibility index (Phi) is 3.69. The molecule has 2 heterocycles. The van der Waals surface area contributed by atoms with Crippen LogP contribution in [0.15, 0.2) is 0 Å². The largest absolute Gasteiger partial charge is 0.390 e. The molecule has 106 valence electrons. The number of rotatable bonds is 3. The molecule has 4 N–H and O–H groups in total. The molecule has 0 aliphatic carbocycles. The Bertz CT molecular complexity index is 468. The molecule has 0 bridgehead atoms. The van der Waals surface area contributed by atoms with Crippen molar-refractivity contribution in [2.75, 3.05) is 23.0 Å². The Morgan fingerprint density at radius 1 is 0.722 bits per heavy atom. The van der Waals surface area contributed by atoms with E-state index in [4.69, 9.17) is 0 Å². The molecular formula is C8H16N2O6S2. The van der Waals surface area contributed by atoms with Crippen LogP contribution in [-0.2, 0) is 19.7 Å². The van der Waals surface area contributed by atoms with Crippen molar-refractivity contribution in [3.63, 3.8) is 0 Å². The van der Waals surface area contributed by atoms with E-state index >= 15 is 0 Å². The standard InChI is InChI=1S/C8H16N2O6S2/c11-7-3-17(13,14)1-5(7)9-10-6-2-18(15,16)4-8(6)12/h5-12H,1-4H2/t5-,6-,7+,8+/m1/s1. The first-order chi connectivity index (χ1) is 8.19. The minimum Gasteiger partial charge on any atom is -0.390 e. The molecule has 0 amide bonds. The molecule has 0 aromatic heterocycles. The first kappa shape index (κ1) is 14.2. The van der Waals surface area contributed by atoms with Crippen LogP contribution in [0, 0.1) is 0 Å². The van der Waals surface area contributed by atoms with Crippen molar-refractivity contribution in [2.24, 2.45) is 0 Å². The Hall–Kier alpha value is -0.260. The summed E-state index contributed by atoms with van der Waals surface area (Å²) in [6.07, 6.45) is -2.06. The number of hydrogen-bond acceptors (Lipinski definition) is 8. The Morgan fingerprint density at radius 3 is 1.28 bits per heavy atom. The second kappa shape index (κ2) is 4.69. The van der Waals surface area contributed by atoms with Gasteiger partial charge in [0.2, 0.25) is 0 Å². The monoisotopic (exact) mass is 300 g/mol. The van der Waals surface area contributed by atoms with Crippen LogP contribution >= 0.6 is 0 Å². The fraction of sp³-hybridized carbons (Fsp3) is 1.00. The molecule has 2 aliphatic heterocycles. The molecule has 0 radical (unpaired) electrons. The van der Waals surface area contributed by atoms with E-state index < -0.39 is 44.0 Å². The maximum Gasteiger partial charge on any atom is 0.154 e. The van der Waals surface area contributed by atoms with Crippen LogP contribution in [0.2, 0.25) is 0 Å². The normalized spacial score (nSPS) is 42.1. The van der Waals surface area contributed by atoms with Gasteiger partial charge in [-0.15, -0.1) is 0 Å². The highest BCUT2D eigenvalue weighted by Crippen LogP contribution is 2.14. The summed E-state index contributed by atoms with van der Waals surface area (Å²) in [5, 5.41) is 19.0. The van der Waals surface area contributed by atoms with E-state index in [2.05, 4.69) is 10.9 Å². The molecule has 2 aliphatic rings. The summed E-state index contributed by atoms with van der Waals surface area (Å²) < 4.78 is 45.0. The second-order valence-corrected chi connectivity index (χ2v) is 9.10. The van der Waals surface area contributed by atoms with Crippen molar-refractivity contribution >= 4 is 19.7 Å². The van der Waals surface area contributed by atoms with Gasteiger partial charge in [0.1, 0.15) is 0 Å². The third-order valence-corrected chi connectivity index (χ3v) is 6.53. The number of aliphatic hydroxyl groups excluding tert-OH is 2. The van der Waals surface area contributed by atoms with Crippen molar-refractivity contribution in [1.29, 1.82) is 0 Å². The molecule has 8 nitrogen and oxygen atoms in total. The Labute approximate surface area is 105 Å². The molecule has 10 heteroatoms. The zero-order valence-electron chi connectivity index (χ0n) is 9.48. The van der Waals surface area contributed by atoms with Crippen molar-refractivity contribution in [1.82, 2.24) is 10.9 Å². The summed E-state index contributed by atoms with van der Waals surface area (Å²) in [5.41, 5.74) is 5.19. The smallest absolute Gasteiger partial charge is 0.154 e. The quantitative estimate of drug-likeness (QED) is 0.393. The summed E-state index contributed by atoms with van der Waals surface area (Å²) in [5.74, 6) is -1.04. The Morgan fingerprint density at radius 2 is 1.06 bits per heavy atom. The third-order valence-electron chi connectivity index (χ3n) is 3.10. The van der Waals surface area contributed by atoms with Crippen molar-refractivity contribution in [2.45, 2.75) is 24.3 Å². The van der Waals surface area contributed by atoms with Crippen molar-refractivity contribution in [3.8, 4) is 0 Å². The van der Waals surface area contributed by atoms with E-state index in [0.717, 1.165) is 0 Å². The van der Waals surface area contributed by atoms with E-state index in [1.807, 2.05) is 0 Å². The summed E-state index contributed by atoms with van der Waals surface area (Å²) in [6.45, 7) is 0. The van der Waals surface area contributed by atoms with Gasteiger partial charge in [-0.2, -0.15) is 0 Å². The summed E-state index contributed by atoms with van der Waals surface area (Å²) >= 11 is 0. The fourth-order valence-corrected chi connectivity index (χ4v) is 5.63. The molecule has 0 spiro atoms. The molecule has 2 rings (SSSR count). The van der Waals surface area contributed by atoms with Crippen molar-refractivity contribution < 1.29 is 27.0 Å². The summed E-state index contributed by atoms with van der Waals surface area (Å²) in [6, 6.07) is -1.38. The van der Waals surface area contributed by atoms with Crippen LogP contribution < -0.4 is 10.9 Å². The highest BCUT2D eigenvalue weighted by molar-refractivity contribution is 7.92. The third kappa shape index (κ3) is 3.19. The molecule has 18 heavy (non-hydrogen) atoms. The van der Waals surface area contributed by atoms with Crippen LogP contribution in [0.4, 0.5) is 0 Å². The number of nitrogens with one attached hydrogen (secondary N) is 2. The highest BCUT2D eigenvalue weighted by atomic mass is 32.2. The predicted octanol–water partition coefficient (Wildman–Crippen LogP) is -3.60. The molecule has 0 aromatic carbocycles. The van der Waals surface area contributed by atoms with Crippen LogP contribution in [0.3, 0.4) is 0 Å². The van der Waals surface area contributed by atoms with Gasteiger partial charge in [0.05, 0.1) is 47.3 Å². The maximum absolute atomic E-state index is 11.2. The van der Waals surface area contributed by atoms with Gasteiger partial charge < -0.3 is 10.2 Å². The van der Waals surface area contributed by atoms with Gasteiger partial charge in [0, 0.05) is 0 Å². The number of aliphatic hydroxyl groups is 2. The molecule has 4 atom stereocenters. The molecule has 2 saturated heterocycles. The van der Waals surface area contributed by atoms with Gasteiger partial charge in [-0.3, -0.25) is 10.9 Å². The fourth-order valence-electron chi connectivity index (χ4n) is 2.15. The molecule has 0 unspecified atom stereocenters. The molecule has 2 fully saturated rings. The molecule has 0 saturated carbocycles. The van der Waals surface area contributed by atoms with E-state index in [1.165, 1.54) is 0 Å². The van der Waals surface area contributed by atoms with Crippen LogP contribution in [0.25, 0.3) is 0 Å². The first-order valence-electron chi connectivity index (χ1n) is 5.46. The number of hydrogen-bond donors (Lipinski definition) is 4. The van der Waals surface area contributed by atoms with E-state index in [1.54, 1.807) is 0 Å².